The van der Waals surface area contributed by atoms with Gasteiger partial charge in [0.1, 0.15) is 5.82 Å². The molecule has 2 aromatic carbocycles. The minimum atomic E-state index is -0.511. The van der Waals surface area contributed by atoms with Crippen LogP contribution in [0.25, 0.3) is 0 Å². The van der Waals surface area contributed by atoms with E-state index in [1.54, 1.807) is 28.4 Å². The van der Waals surface area contributed by atoms with Gasteiger partial charge < -0.3 is 9.80 Å². The van der Waals surface area contributed by atoms with Crippen LogP contribution >= 0.6 is 11.3 Å². The van der Waals surface area contributed by atoms with Gasteiger partial charge in [0.25, 0.3) is 5.91 Å². The minimum Gasteiger partial charge on any atom is -0.338 e. The Morgan fingerprint density at radius 1 is 1.00 bits per heavy atom. The van der Waals surface area contributed by atoms with Crippen molar-refractivity contribution in [3.63, 3.8) is 0 Å². The van der Waals surface area contributed by atoms with E-state index < -0.39 is 5.82 Å². The summed E-state index contributed by atoms with van der Waals surface area (Å²) < 4.78 is 14.2. The average Bonchev–Trinajstić information content (AvgIpc) is 3.33. The van der Waals surface area contributed by atoms with Gasteiger partial charge in [0.2, 0.25) is 5.91 Å². The van der Waals surface area contributed by atoms with Crippen LogP contribution in [-0.4, -0.2) is 65.3 Å². The Hall–Kier alpha value is -3.03. The second-order valence-electron chi connectivity index (χ2n) is 9.45. The lowest BCUT2D eigenvalue weighted by atomic mass is 9.90. The number of fused-ring (bicyclic) bond motifs is 1. The molecule has 2 aliphatic rings. The molecule has 7 heteroatoms. The quantitative estimate of drug-likeness (QED) is 0.539. The second-order valence-corrected chi connectivity index (χ2v) is 10.4. The van der Waals surface area contributed by atoms with E-state index in [2.05, 4.69) is 47.5 Å². The van der Waals surface area contributed by atoms with Crippen molar-refractivity contribution in [3.05, 3.63) is 92.9 Å². The molecule has 1 fully saturated rings. The van der Waals surface area contributed by atoms with Crippen molar-refractivity contribution in [1.29, 1.82) is 0 Å². The molecule has 3 aromatic rings. The molecule has 0 aliphatic carbocycles. The van der Waals surface area contributed by atoms with Gasteiger partial charge in [-0.15, -0.1) is 11.3 Å². The zero-order chi connectivity index (χ0) is 24.5. The van der Waals surface area contributed by atoms with Crippen molar-refractivity contribution in [2.24, 2.45) is 0 Å². The summed E-state index contributed by atoms with van der Waals surface area (Å²) in [4.78, 5) is 33.6. The third-order valence-corrected chi connectivity index (χ3v) is 8.23. The fourth-order valence-electron chi connectivity index (χ4n) is 5.35. The lowest BCUT2D eigenvalue weighted by Gasteiger charge is -2.42. The molecule has 0 radical (unpaired) electrons. The van der Waals surface area contributed by atoms with Crippen LogP contribution in [0.5, 0.6) is 0 Å². The van der Waals surface area contributed by atoms with Crippen molar-refractivity contribution in [2.75, 3.05) is 32.7 Å². The second kappa shape index (κ2) is 9.91. The summed E-state index contributed by atoms with van der Waals surface area (Å²) in [6.07, 6.45) is 0.948. The molecule has 0 N–H and O–H groups in total. The zero-order valence-corrected chi connectivity index (χ0v) is 20.9. The summed E-state index contributed by atoms with van der Waals surface area (Å²) in [7, 11) is 0. The number of amides is 2. The molecule has 35 heavy (non-hydrogen) atoms. The van der Waals surface area contributed by atoms with Gasteiger partial charge in [0, 0.05) is 37.1 Å². The zero-order valence-electron chi connectivity index (χ0n) is 20.1. The Balaban J connectivity index is 1.30. The van der Waals surface area contributed by atoms with Crippen LogP contribution in [0.15, 0.2) is 60.0 Å². The number of halogens is 1. The molecule has 2 unspecified atom stereocenters. The van der Waals surface area contributed by atoms with Crippen molar-refractivity contribution in [1.82, 2.24) is 14.7 Å². The van der Waals surface area contributed by atoms with Crippen LogP contribution in [-0.2, 0) is 11.2 Å². The third-order valence-electron chi connectivity index (χ3n) is 7.23. The molecular formula is C28H30FN3O2S. The van der Waals surface area contributed by atoms with E-state index >= 15 is 0 Å². The standard InChI is InChI=1S/C28H30FN3O2S/c1-19-7-3-4-8-21(19)27-23-12-16-35-25(23)11-13-31(27)18-26(33)30-14-15-32(20(2)17-30)28(34)22-9-5-6-10-24(22)29/h3-10,12,16,20,27H,11,13-15,17-18H2,1-2H3. The number of nitrogens with zero attached hydrogens (tertiary/aromatic N) is 3. The summed E-state index contributed by atoms with van der Waals surface area (Å²) in [5, 5.41) is 2.15. The van der Waals surface area contributed by atoms with Crippen molar-refractivity contribution in [2.45, 2.75) is 32.4 Å². The predicted octanol–water partition coefficient (Wildman–Crippen LogP) is 4.52. The van der Waals surface area contributed by atoms with Crippen LogP contribution in [0.1, 0.15) is 44.9 Å². The van der Waals surface area contributed by atoms with E-state index in [0.29, 0.717) is 26.2 Å². The van der Waals surface area contributed by atoms with Gasteiger partial charge >= 0.3 is 0 Å². The Morgan fingerprint density at radius 3 is 2.54 bits per heavy atom. The molecule has 0 bridgehead atoms. The highest BCUT2D eigenvalue weighted by atomic mass is 32.1. The lowest BCUT2D eigenvalue weighted by Crippen LogP contribution is -2.57. The largest absolute Gasteiger partial charge is 0.338 e. The van der Waals surface area contributed by atoms with Gasteiger partial charge in [0.05, 0.1) is 18.2 Å². The number of hydrogen-bond donors (Lipinski definition) is 0. The van der Waals surface area contributed by atoms with Gasteiger partial charge in [-0.25, -0.2) is 4.39 Å². The fraction of sp³-hybridized carbons (Fsp3) is 0.357. The van der Waals surface area contributed by atoms with Gasteiger partial charge in [-0.3, -0.25) is 14.5 Å². The fourth-order valence-corrected chi connectivity index (χ4v) is 6.25. The molecule has 2 atom stereocenters. The molecular weight excluding hydrogens is 461 g/mol. The highest BCUT2D eigenvalue weighted by Crippen LogP contribution is 2.38. The third kappa shape index (κ3) is 4.62. The number of carbonyl (C=O) groups is 2. The molecule has 5 rings (SSSR count). The molecule has 0 spiro atoms. The molecule has 1 aromatic heterocycles. The Morgan fingerprint density at radius 2 is 1.77 bits per heavy atom. The molecule has 3 heterocycles. The summed E-state index contributed by atoms with van der Waals surface area (Å²) in [6, 6.07) is 16.6. The maximum Gasteiger partial charge on any atom is 0.257 e. The Labute approximate surface area is 209 Å². The summed E-state index contributed by atoms with van der Waals surface area (Å²) in [5.74, 6) is -0.751. The van der Waals surface area contributed by atoms with Crippen molar-refractivity contribution < 1.29 is 14.0 Å². The molecule has 1 saturated heterocycles. The van der Waals surface area contributed by atoms with Crippen LogP contribution < -0.4 is 0 Å². The van der Waals surface area contributed by atoms with E-state index in [-0.39, 0.29) is 29.5 Å². The lowest BCUT2D eigenvalue weighted by molar-refractivity contribution is -0.135. The minimum absolute atomic E-state index is 0.0662. The maximum absolute atomic E-state index is 14.2. The van der Waals surface area contributed by atoms with Crippen LogP contribution in [0.2, 0.25) is 0 Å². The SMILES string of the molecule is Cc1ccccc1C1c2ccsc2CCN1CC(=O)N1CCN(C(=O)c2ccccc2F)C(C)C1. The topological polar surface area (TPSA) is 43.9 Å². The first-order chi connectivity index (χ1) is 16.9. The highest BCUT2D eigenvalue weighted by molar-refractivity contribution is 7.10. The van der Waals surface area contributed by atoms with E-state index in [4.69, 9.17) is 0 Å². The molecule has 0 saturated carbocycles. The van der Waals surface area contributed by atoms with E-state index in [1.807, 2.05) is 11.8 Å². The highest BCUT2D eigenvalue weighted by Gasteiger charge is 2.35. The number of hydrogen-bond acceptors (Lipinski definition) is 4. The van der Waals surface area contributed by atoms with Gasteiger partial charge in [-0.1, -0.05) is 36.4 Å². The Kier molecular flexibility index (Phi) is 6.71. The first kappa shape index (κ1) is 23.7. The monoisotopic (exact) mass is 491 g/mol. The number of piperazine rings is 1. The van der Waals surface area contributed by atoms with Crippen LogP contribution in [0, 0.1) is 12.7 Å². The average molecular weight is 492 g/mol. The maximum atomic E-state index is 14.2. The first-order valence-corrected chi connectivity index (χ1v) is 13.0. The van der Waals surface area contributed by atoms with Gasteiger partial charge in [-0.2, -0.15) is 0 Å². The number of aryl methyl sites for hydroxylation is 1. The normalized spacial score (nSPS) is 20.5. The number of thiophene rings is 1. The van der Waals surface area contributed by atoms with Crippen LogP contribution in [0.3, 0.4) is 0 Å². The molecule has 2 aliphatic heterocycles. The first-order valence-electron chi connectivity index (χ1n) is 12.1. The van der Waals surface area contributed by atoms with Crippen molar-refractivity contribution in [3.8, 4) is 0 Å². The molecule has 182 valence electrons. The summed E-state index contributed by atoms with van der Waals surface area (Å²) in [5.41, 5.74) is 3.85. The van der Waals surface area contributed by atoms with Gasteiger partial charge in [-0.05, 0) is 60.5 Å². The number of benzene rings is 2. The van der Waals surface area contributed by atoms with Gasteiger partial charge in [0.15, 0.2) is 0 Å². The smallest absolute Gasteiger partial charge is 0.257 e. The summed E-state index contributed by atoms with van der Waals surface area (Å²) >= 11 is 1.79. The number of carbonyl (C=O) groups excluding carboxylic acids is 2. The summed E-state index contributed by atoms with van der Waals surface area (Å²) in [6.45, 7) is 6.52. The number of rotatable bonds is 4. The van der Waals surface area contributed by atoms with Crippen LogP contribution in [0.4, 0.5) is 4.39 Å². The van der Waals surface area contributed by atoms with E-state index in [9.17, 15) is 14.0 Å². The molecule has 5 nitrogen and oxygen atoms in total. The Bertz CT molecular complexity index is 1240. The van der Waals surface area contributed by atoms with E-state index in [1.165, 1.54) is 33.7 Å². The molecule has 2 amide bonds. The predicted molar refractivity (Wildman–Crippen MR) is 136 cm³/mol. The van der Waals surface area contributed by atoms with Crippen molar-refractivity contribution >= 4 is 23.2 Å². The van der Waals surface area contributed by atoms with E-state index in [0.717, 1.165) is 13.0 Å².